The molecule has 5 rings (SSSR count). The molecule has 34 heavy (non-hydrogen) atoms. The summed E-state index contributed by atoms with van der Waals surface area (Å²) in [5.41, 5.74) is 1.59. The number of amides is 2. The molecule has 0 spiro atoms. The second-order valence-electron chi connectivity index (χ2n) is 10.0. The Hall–Kier alpha value is -2.85. The van der Waals surface area contributed by atoms with Crippen LogP contribution in [0.4, 0.5) is 18.0 Å². The van der Waals surface area contributed by atoms with Crippen molar-refractivity contribution in [3.63, 3.8) is 0 Å². The SMILES string of the molecule is O=C(O)NC(c1cn2nc(CC3C[C@@H](C(F)(F)F)CNC3=O)ccc2n1)C1CCC2CC2CC1. The van der Waals surface area contributed by atoms with Crippen molar-refractivity contribution in [2.45, 2.75) is 57.2 Å². The predicted molar refractivity (Wildman–Crippen MR) is 115 cm³/mol. The summed E-state index contributed by atoms with van der Waals surface area (Å²) in [6.45, 7) is -0.392. The molecule has 11 heteroatoms. The monoisotopic (exact) mass is 479 g/mol. The molecule has 4 unspecified atom stereocenters. The minimum Gasteiger partial charge on any atom is -0.465 e. The van der Waals surface area contributed by atoms with Gasteiger partial charge in [-0.25, -0.2) is 14.3 Å². The van der Waals surface area contributed by atoms with Crippen molar-refractivity contribution in [3.05, 3.63) is 29.7 Å². The fourth-order valence-electron chi connectivity index (χ4n) is 5.70. The Morgan fingerprint density at radius 3 is 2.62 bits per heavy atom. The van der Waals surface area contributed by atoms with E-state index >= 15 is 0 Å². The van der Waals surface area contributed by atoms with Crippen LogP contribution < -0.4 is 10.6 Å². The molecule has 2 amide bonds. The number of rotatable bonds is 5. The van der Waals surface area contributed by atoms with E-state index in [9.17, 15) is 27.9 Å². The highest BCUT2D eigenvalue weighted by atomic mass is 19.4. The van der Waals surface area contributed by atoms with Gasteiger partial charge in [-0.1, -0.05) is 0 Å². The average Bonchev–Trinajstić information content (AvgIpc) is 3.43. The van der Waals surface area contributed by atoms with Gasteiger partial charge in [0.05, 0.1) is 29.5 Å². The van der Waals surface area contributed by atoms with Gasteiger partial charge in [0.1, 0.15) is 0 Å². The summed E-state index contributed by atoms with van der Waals surface area (Å²) < 4.78 is 40.9. The topological polar surface area (TPSA) is 109 Å². The molecule has 184 valence electrons. The second-order valence-corrected chi connectivity index (χ2v) is 10.0. The minimum atomic E-state index is -4.35. The van der Waals surface area contributed by atoms with Crippen LogP contribution in [0.1, 0.15) is 56.0 Å². The van der Waals surface area contributed by atoms with E-state index in [1.54, 1.807) is 18.3 Å². The standard InChI is InChI=1S/C23H28F3N5O3/c24-23(25,26)16-8-15(21(32)27-10-16)9-17-5-6-19-28-18(11-31(19)30-17)20(29-22(33)34)12-1-3-13-7-14(13)4-2-12/h5-6,11-16,20,29H,1-4,7-10H2,(H,27,32)(H,33,34)/t12?,13?,14?,15?,16-,20?/m1/s1. The Bertz CT molecular complexity index is 1080. The number of nitrogens with zero attached hydrogens (tertiary/aromatic N) is 3. The summed E-state index contributed by atoms with van der Waals surface area (Å²) in [4.78, 5) is 28.3. The molecule has 5 atom stereocenters. The van der Waals surface area contributed by atoms with Crippen molar-refractivity contribution < 1.29 is 27.9 Å². The minimum absolute atomic E-state index is 0.0874. The van der Waals surface area contributed by atoms with Crippen LogP contribution in [0.2, 0.25) is 0 Å². The lowest BCUT2D eigenvalue weighted by atomic mass is 9.86. The van der Waals surface area contributed by atoms with E-state index in [-0.39, 0.29) is 18.8 Å². The van der Waals surface area contributed by atoms with Gasteiger partial charge >= 0.3 is 12.3 Å². The molecular weight excluding hydrogens is 451 g/mol. The van der Waals surface area contributed by atoms with E-state index in [1.165, 1.54) is 10.9 Å². The highest BCUT2D eigenvalue weighted by Gasteiger charge is 2.45. The van der Waals surface area contributed by atoms with Crippen LogP contribution in [0, 0.1) is 29.6 Å². The first kappa shape index (κ1) is 22.9. The molecule has 2 aromatic rings. The molecule has 0 aromatic carbocycles. The number of hydrogen-bond acceptors (Lipinski definition) is 4. The molecule has 3 fully saturated rings. The largest absolute Gasteiger partial charge is 0.465 e. The molecule has 2 saturated carbocycles. The van der Waals surface area contributed by atoms with Gasteiger partial charge in [-0.3, -0.25) is 4.79 Å². The Kier molecular flexibility index (Phi) is 5.89. The number of nitrogens with one attached hydrogen (secondary N) is 2. The quantitative estimate of drug-likeness (QED) is 0.606. The summed E-state index contributed by atoms with van der Waals surface area (Å²) in [6.07, 6.45) is 1.42. The van der Waals surface area contributed by atoms with Gasteiger partial charge in [0.15, 0.2) is 5.65 Å². The number of fused-ring (bicyclic) bond motifs is 2. The highest BCUT2D eigenvalue weighted by Crippen LogP contribution is 2.51. The van der Waals surface area contributed by atoms with Crippen LogP contribution in [-0.4, -0.2) is 44.4 Å². The third kappa shape index (κ3) is 4.83. The lowest BCUT2D eigenvalue weighted by molar-refractivity contribution is -0.183. The van der Waals surface area contributed by atoms with Gasteiger partial charge in [0.2, 0.25) is 5.91 Å². The molecule has 3 N–H and O–H groups in total. The Morgan fingerprint density at radius 2 is 1.94 bits per heavy atom. The van der Waals surface area contributed by atoms with Crippen LogP contribution >= 0.6 is 0 Å². The van der Waals surface area contributed by atoms with Crippen molar-refractivity contribution in [2.24, 2.45) is 29.6 Å². The number of carbonyl (C=O) groups is 2. The molecular formula is C23H28F3N5O3. The number of carbonyl (C=O) groups excluding carboxylic acids is 1. The fraction of sp³-hybridized carbons (Fsp3) is 0.652. The van der Waals surface area contributed by atoms with Crippen molar-refractivity contribution >= 4 is 17.6 Å². The molecule has 2 aliphatic carbocycles. The van der Waals surface area contributed by atoms with Crippen LogP contribution in [-0.2, 0) is 11.2 Å². The molecule has 2 aromatic heterocycles. The lowest BCUT2D eigenvalue weighted by Crippen LogP contribution is -2.47. The lowest BCUT2D eigenvalue weighted by Gasteiger charge is -2.30. The highest BCUT2D eigenvalue weighted by molar-refractivity contribution is 5.79. The predicted octanol–water partition coefficient (Wildman–Crippen LogP) is 3.72. The number of hydrogen-bond donors (Lipinski definition) is 3. The summed E-state index contributed by atoms with van der Waals surface area (Å²) in [6, 6.07) is 2.92. The number of carboxylic acid groups (broad SMARTS) is 1. The molecule has 1 saturated heterocycles. The van der Waals surface area contributed by atoms with Crippen LogP contribution in [0.5, 0.6) is 0 Å². The molecule has 0 bridgehead atoms. The molecule has 3 heterocycles. The van der Waals surface area contributed by atoms with Crippen LogP contribution in [0.3, 0.4) is 0 Å². The van der Waals surface area contributed by atoms with Gasteiger partial charge < -0.3 is 15.7 Å². The van der Waals surface area contributed by atoms with E-state index in [0.717, 1.165) is 37.5 Å². The maximum Gasteiger partial charge on any atom is 0.405 e. The van der Waals surface area contributed by atoms with Crippen LogP contribution in [0.15, 0.2) is 18.3 Å². The summed E-state index contributed by atoms with van der Waals surface area (Å²) in [7, 11) is 0. The van der Waals surface area contributed by atoms with Crippen molar-refractivity contribution in [3.8, 4) is 0 Å². The Morgan fingerprint density at radius 1 is 1.21 bits per heavy atom. The van der Waals surface area contributed by atoms with E-state index in [4.69, 9.17) is 0 Å². The van der Waals surface area contributed by atoms with Crippen molar-refractivity contribution in [2.75, 3.05) is 6.54 Å². The van der Waals surface area contributed by atoms with E-state index in [2.05, 4.69) is 20.7 Å². The number of piperidine rings is 1. The van der Waals surface area contributed by atoms with Crippen molar-refractivity contribution in [1.29, 1.82) is 0 Å². The smallest absolute Gasteiger partial charge is 0.405 e. The average molecular weight is 480 g/mol. The number of alkyl halides is 3. The maximum atomic E-state index is 13.1. The Labute approximate surface area is 194 Å². The first-order valence-corrected chi connectivity index (χ1v) is 11.9. The zero-order valence-electron chi connectivity index (χ0n) is 18.6. The summed E-state index contributed by atoms with van der Waals surface area (Å²) in [5.74, 6) is -1.08. The first-order valence-electron chi connectivity index (χ1n) is 11.9. The maximum absolute atomic E-state index is 13.1. The van der Waals surface area contributed by atoms with E-state index in [1.807, 2.05) is 0 Å². The fourth-order valence-corrected chi connectivity index (χ4v) is 5.70. The van der Waals surface area contributed by atoms with E-state index in [0.29, 0.717) is 17.0 Å². The zero-order chi connectivity index (χ0) is 24.0. The Balaban J connectivity index is 1.34. The van der Waals surface area contributed by atoms with Gasteiger partial charge in [-0.15, -0.1) is 0 Å². The van der Waals surface area contributed by atoms with Gasteiger partial charge in [-0.05, 0) is 68.4 Å². The molecule has 1 aliphatic heterocycles. The van der Waals surface area contributed by atoms with Crippen molar-refractivity contribution in [1.82, 2.24) is 25.2 Å². The van der Waals surface area contributed by atoms with Gasteiger partial charge in [0, 0.05) is 18.9 Å². The first-order chi connectivity index (χ1) is 16.2. The summed E-state index contributed by atoms with van der Waals surface area (Å²) >= 11 is 0. The molecule has 3 aliphatic rings. The number of imidazole rings is 1. The normalized spacial score (nSPS) is 30.2. The molecule has 0 radical (unpaired) electrons. The second kappa shape index (κ2) is 8.74. The van der Waals surface area contributed by atoms with E-state index < -0.39 is 42.6 Å². The molecule has 8 nitrogen and oxygen atoms in total. The van der Waals surface area contributed by atoms with Crippen LogP contribution in [0.25, 0.3) is 5.65 Å². The third-order valence-electron chi connectivity index (χ3n) is 7.73. The zero-order valence-corrected chi connectivity index (χ0v) is 18.6. The number of halogens is 3. The third-order valence-corrected chi connectivity index (χ3v) is 7.73. The van der Waals surface area contributed by atoms with Gasteiger partial charge in [0.25, 0.3) is 0 Å². The summed E-state index contributed by atoms with van der Waals surface area (Å²) in [5, 5.41) is 18.9. The van der Waals surface area contributed by atoms with Gasteiger partial charge in [-0.2, -0.15) is 18.3 Å². The number of aromatic nitrogens is 3.